The molecule has 4 rings (SSSR count). The molecule has 0 radical (unpaired) electrons. The molecular weight excluding hydrogens is 392 g/mol. The zero-order chi connectivity index (χ0) is 20.8. The number of hydrogen-bond donors (Lipinski definition) is 2. The highest BCUT2D eigenvalue weighted by atomic mass is 32.2. The molecule has 8 heteroatoms. The number of nitrogens with one attached hydrogen (secondary N) is 1. The number of carboxylic acids is 1. The molecule has 1 heterocycles. The molecule has 2 aliphatic carbocycles. The lowest BCUT2D eigenvalue weighted by atomic mass is 9.78. The van der Waals surface area contributed by atoms with Gasteiger partial charge in [-0.05, 0) is 74.1 Å². The Morgan fingerprint density at radius 3 is 2.17 bits per heavy atom. The summed E-state index contributed by atoms with van der Waals surface area (Å²) in [6, 6.07) is 6.19. The van der Waals surface area contributed by atoms with E-state index >= 15 is 0 Å². The van der Waals surface area contributed by atoms with Crippen LogP contribution in [0.4, 0.5) is 5.69 Å². The fraction of sp³-hybridized carbons (Fsp3) is 0.619. The Morgan fingerprint density at radius 1 is 1.00 bits per heavy atom. The maximum absolute atomic E-state index is 12.8. The Kier molecular flexibility index (Phi) is 5.42. The largest absolute Gasteiger partial charge is 0.481 e. The van der Waals surface area contributed by atoms with Crippen molar-refractivity contribution in [3.05, 3.63) is 24.3 Å². The third-order valence-corrected chi connectivity index (χ3v) is 8.92. The minimum Gasteiger partial charge on any atom is -0.481 e. The number of aliphatic carboxylic acids is 1. The number of piperidine rings is 1. The average Bonchev–Trinajstić information content (AvgIpc) is 3.30. The normalized spacial score (nSPS) is 30.4. The van der Waals surface area contributed by atoms with E-state index in [1.807, 2.05) is 0 Å². The number of amides is 1. The Balaban J connectivity index is 1.44. The first-order valence-corrected chi connectivity index (χ1v) is 11.8. The molecule has 0 spiro atoms. The topological polar surface area (TPSA) is 104 Å². The van der Waals surface area contributed by atoms with E-state index in [1.165, 1.54) is 16.4 Å². The SMILES string of the molecule is CC1CCN(S(=O)(=O)c2ccc(NC(=O)[C@H]3[C@H]4CC[C@@H](C4)[C@@H]3C(=O)O)cc2)CC1. The molecule has 2 bridgehead atoms. The molecule has 1 aliphatic heterocycles. The van der Waals surface area contributed by atoms with Crippen LogP contribution in [0.15, 0.2) is 29.2 Å². The van der Waals surface area contributed by atoms with Gasteiger partial charge in [0.05, 0.1) is 16.7 Å². The van der Waals surface area contributed by atoms with Gasteiger partial charge in [-0.2, -0.15) is 4.31 Å². The van der Waals surface area contributed by atoms with Crippen LogP contribution in [-0.2, 0) is 19.6 Å². The summed E-state index contributed by atoms with van der Waals surface area (Å²) in [5.41, 5.74) is 0.494. The summed E-state index contributed by atoms with van der Waals surface area (Å²) in [6.07, 6.45) is 4.31. The van der Waals surface area contributed by atoms with Crippen molar-refractivity contribution in [3.8, 4) is 0 Å². The number of carboxylic acid groups (broad SMARTS) is 1. The average molecular weight is 421 g/mol. The minimum atomic E-state index is -3.53. The van der Waals surface area contributed by atoms with Crippen molar-refractivity contribution in [3.63, 3.8) is 0 Å². The van der Waals surface area contributed by atoms with E-state index in [2.05, 4.69) is 12.2 Å². The van der Waals surface area contributed by atoms with E-state index in [-0.39, 0.29) is 22.6 Å². The van der Waals surface area contributed by atoms with Crippen LogP contribution in [0.3, 0.4) is 0 Å². The first-order valence-electron chi connectivity index (χ1n) is 10.4. The van der Waals surface area contributed by atoms with Crippen LogP contribution in [0.25, 0.3) is 0 Å². The monoisotopic (exact) mass is 420 g/mol. The summed E-state index contributed by atoms with van der Waals surface area (Å²) in [4.78, 5) is 24.6. The van der Waals surface area contributed by atoms with Crippen LogP contribution in [-0.4, -0.2) is 42.8 Å². The van der Waals surface area contributed by atoms with Gasteiger partial charge in [-0.25, -0.2) is 8.42 Å². The number of hydrogen-bond acceptors (Lipinski definition) is 4. The van der Waals surface area contributed by atoms with E-state index < -0.39 is 27.8 Å². The lowest BCUT2D eigenvalue weighted by molar-refractivity contribution is -0.148. The van der Waals surface area contributed by atoms with E-state index in [9.17, 15) is 23.1 Å². The molecule has 1 saturated heterocycles. The van der Waals surface area contributed by atoms with Crippen molar-refractivity contribution in [1.29, 1.82) is 0 Å². The highest BCUT2D eigenvalue weighted by molar-refractivity contribution is 7.89. The van der Waals surface area contributed by atoms with E-state index in [0.717, 1.165) is 32.1 Å². The number of anilines is 1. The van der Waals surface area contributed by atoms with Crippen molar-refractivity contribution in [1.82, 2.24) is 4.31 Å². The molecule has 1 aromatic carbocycles. The van der Waals surface area contributed by atoms with Crippen molar-refractivity contribution >= 4 is 27.6 Å². The molecule has 1 amide bonds. The number of rotatable bonds is 5. The molecule has 3 fully saturated rings. The summed E-state index contributed by atoms with van der Waals surface area (Å²) < 4.78 is 27.2. The van der Waals surface area contributed by atoms with Gasteiger partial charge >= 0.3 is 5.97 Å². The van der Waals surface area contributed by atoms with Crippen LogP contribution < -0.4 is 5.32 Å². The van der Waals surface area contributed by atoms with Gasteiger partial charge in [-0.15, -0.1) is 0 Å². The third-order valence-electron chi connectivity index (χ3n) is 7.01. The smallest absolute Gasteiger partial charge is 0.307 e. The van der Waals surface area contributed by atoms with Crippen molar-refractivity contribution in [2.45, 2.75) is 43.9 Å². The highest BCUT2D eigenvalue weighted by Crippen LogP contribution is 2.52. The molecular formula is C21H28N2O5S. The standard InChI is InChI=1S/C21H28N2O5S/c1-13-8-10-23(11-9-13)29(27,28)17-6-4-16(5-7-17)22-20(24)18-14-2-3-15(12-14)19(18)21(25)26/h4-7,13-15,18-19H,2-3,8-12H2,1H3,(H,22,24)(H,25,26)/t14-,15-,18-,19-/m0/s1. The van der Waals surface area contributed by atoms with Gasteiger partial charge in [0, 0.05) is 18.8 Å². The maximum atomic E-state index is 12.8. The maximum Gasteiger partial charge on any atom is 0.307 e. The zero-order valence-corrected chi connectivity index (χ0v) is 17.4. The molecule has 158 valence electrons. The van der Waals surface area contributed by atoms with Crippen molar-refractivity contribution in [2.75, 3.05) is 18.4 Å². The number of carbonyl (C=O) groups is 2. The van der Waals surface area contributed by atoms with Gasteiger partial charge in [0.25, 0.3) is 0 Å². The van der Waals surface area contributed by atoms with E-state index in [4.69, 9.17) is 0 Å². The van der Waals surface area contributed by atoms with Gasteiger partial charge in [0.15, 0.2) is 0 Å². The Labute approximate surface area is 171 Å². The highest BCUT2D eigenvalue weighted by Gasteiger charge is 2.54. The predicted molar refractivity (Wildman–Crippen MR) is 108 cm³/mol. The first kappa shape index (κ1) is 20.3. The Hall–Kier alpha value is -1.93. The van der Waals surface area contributed by atoms with Gasteiger partial charge in [0.2, 0.25) is 15.9 Å². The summed E-state index contributed by atoms with van der Waals surface area (Å²) in [6.45, 7) is 3.19. The lowest BCUT2D eigenvalue weighted by Crippen LogP contribution is -2.38. The second-order valence-corrected chi connectivity index (χ2v) is 10.8. The molecule has 0 unspecified atom stereocenters. The van der Waals surface area contributed by atoms with Gasteiger partial charge in [-0.3, -0.25) is 9.59 Å². The fourth-order valence-corrected chi connectivity index (χ4v) is 6.80. The second-order valence-electron chi connectivity index (χ2n) is 8.82. The molecule has 29 heavy (non-hydrogen) atoms. The zero-order valence-electron chi connectivity index (χ0n) is 16.6. The molecule has 2 saturated carbocycles. The summed E-state index contributed by atoms with van der Waals surface area (Å²) in [5.74, 6) is -1.53. The first-order chi connectivity index (χ1) is 13.8. The summed E-state index contributed by atoms with van der Waals surface area (Å²) >= 11 is 0. The molecule has 3 aliphatic rings. The molecule has 7 nitrogen and oxygen atoms in total. The van der Waals surface area contributed by atoms with Gasteiger partial charge in [-0.1, -0.05) is 6.92 Å². The van der Waals surface area contributed by atoms with E-state index in [1.54, 1.807) is 12.1 Å². The van der Waals surface area contributed by atoms with Crippen LogP contribution in [0.2, 0.25) is 0 Å². The number of fused-ring (bicyclic) bond motifs is 2. The fourth-order valence-electron chi connectivity index (χ4n) is 5.33. The van der Waals surface area contributed by atoms with Crippen LogP contribution in [0, 0.1) is 29.6 Å². The van der Waals surface area contributed by atoms with E-state index in [0.29, 0.717) is 24.7 Å². The Bertz CT molecular complexity index is 890. The number of carbonyl (C=O) groups excluding carboxylic acids is 1. The molecule has 4 atom stereocenters. The molecule has 2 N–H and O–H groups in total. The number of nitrogens with zero attached hydrogens (tertiary/aromatic N) is 1. The third kappa shape index (κ3) is 3.80. The summed E-state index contributed by atoms with van der Waals surface area (Å²) in [5, 5.41) is 12.3. The second kappa shape index (κ2) is 7.72. The molecule has 1 aromatic rings. The van der Waals surface area contributed by atoms with Crippen molar-refractivity contribution < 1.29 is 23.1 Å². The number of benzene rings is 1. The van der Waals surface area contributed by atoms with Crippen LogP contribution in [0.5, 0.6) is 0 Å². The van der Waals surface area contributed by atoms with Gasteiger partial charge < -0.3 is 10.4 Å². The van der Waals surface area contributed by atoms with Crippen LogP contribution >= 0.6 is 0 Å². The minimum absolute atomic E-state index is 0.0908. The van der Waals surface area contributed by atoms with Crippen molar-refractivity contribution in [2.24, 2.45) is 29.6 Å². The lowest BCUT2D eigenvalue weighted by Gasteiger charge is -2.29. The quantitative estimate of drug-likeness (QED) is 0.762. The van der Waals surface area contributed by atoms with Gasteiger partial charge in [0.1, 0.15) is 0 Å². The predicted octanol–water partition coefficient (Wildman–Crippen LogP) is 2.79. The summed E-state index contributed by atoms with van der Waals surface area (Å²) in [7, 11) is -3.53. The molecule has 0 aromatic heterocycles. The number of sulfonamides is 1. The Morgan fingerprint density at radius 2 is 1.59 bits per heavy atom. The van der Waals surface area contributed by atoms with Crippen LogP contribution in [0.1, 0.15) is 39.0 Å².